The van der Waals surface area contributed by atoms with Crippen molar-refractivity contribution in [2.75, 3.05) is 51.3 Å². The minimum Gasteiger partial charge on any atom is -0.491 e. The van der Waals surface area contributed by atoms with Crippen molar-refractivity contribution >= 4 is 11.7 Å². The molecule has 1 aliphatic heterocycles. The molecule has 0 bridgehead atoms. The van der Waals surface area contributed by atoms with Gasteiger partial charge in [-0.15, -0.1) is 0 Å². The Morgan fingerprint density at radius 1 is 1.11 bits per heavy atom. The first-order chi connectivity index (χ1) is 13.6. The molecule has 1 atom stereocenters. The summed E-state index contributed by atoms with van der Waals surface area (Å²) in [6.07, 6.45) is -0.639. The van der Waals surface area contributed by atoms with Crippen LogP contribution in [0.4, 0.5) is 10.1 Å². The third-order valence-electron chi connectivity index (χ3n) is 4.75. The fraction of sp³-hybridized carbons (Fsp3) is 0.381. The number of esters is 1. The Kier molecular flexibility index (Phi) is 6.84. The molecule has 2 aromatic rings. The van der Waals surface area contributed by atoms with Gasteiger partial charge in [0.25, 0.3) is 0 Å². The van der Waals surface area contributed by atoms with Crippen molar-refractivity contribution in [3.63, 3.8) is 0 Å². The van der Waals surface area contributed by atoms with Gasteiger partial charge in [-0.2, -0.15) is 0 Å². The Morgan fingerprint density at radius 2 is 1.79 bits per heavy atom. The first-order valence-electron chi connectivity index (χ1n) is 9.28. The molecule has 28 heavy (non-hydrogen) atoms. The van der Waals surface area contributed by atoms with Crippen molar-refractivity contribution in [3.05, 3.63) is 59.9 Å². The number of ether oxygens (including phenoxy) is 2. The van der Waals surface area contributed by atoms with Gasteiger partial charge in [0.2, 0.25) is 0 Å². The summed E-state index contributed by atoms with van der Waals surface area (Å²) in [7, 11) is 1.33. The van der Waals surface area contributed by atoms with Crippen molar-refractivity contribution in [3.8, 4) is 5.75 Å². The van der Waals surface area contributed by atoms with Gasteiger partial charge in [0.05, 0.1) is 18.4 Å². The fourth-order valence-corrected chi connectivity index (χ4v) is 3.23. The number of methoxy groups -OCH3 is 1. The second-order valence-corrected chi connectivity index (χ2v) is 6.72. The van der Waals surface area contributed by atoms with Gasteiger partial charge < -0.3 is 19.5 Å². The van der Waals surface area contributed by atoms with Crippen LogP contribution in [0.25, 0.3) is 0 Å². The van der Waals surface area contributed by atoms with Crippen LogP contribution >= 0.6 is 0 Å². The van der Waals surface area contributed by atoms with Crippen molar-refractivity contribution in [2.24, 2.45) is 0 Å². The molecule has 1 saturated heterocycles. The minimum atomic E-state index is -0.639. The standard InChI is InChI=1S/C21H25FN2O4/c1-27-21(26)16-6-8-18(9-7-16)28-15-17(25)14-23-10-12-24(13-11-23)20-5-3-2-4-19(20)22/h2-9,17,25H,10-15H2,1H3/t17-/m0/s1. The zero-order valence-electron chi connectivity index (χ0n) is 15.9. The third kappa shape index (κ3) is 5.21. The molecule has 6 nitrogen and oxygen atoms in total. The van der Waals surface area contributed by atoms with Crippen molar-refractivity contribution < 1.29 is 23.8 Å². The monoisotopic (exact) mass is 388 g/mol. The fourth-order valence-electron chi connectivity index (χ4n) is 3.23. The zero-order valence-corrected chi connectivity index (χ0v) is 15.9. The molecule has 150 valence electrons. The van der Waals surface area contributed by atoms with Crippen molar-refractivity contribution in [2.45, 2.75) is 6.10 Å². The summed E-state index contributed by atoms with van der Waals surface area (Å²) in [5.74, 6) is -0.0280. The maximum absolute atomic E-state index is 13.9. The van der Waals surface area contributed by atoms with E-state index < -0.39 is 12.1 Å². The number of para-hydroxylation sites is 1. The van der Waals surface area contributed by atoms with Crippen LogP contribution in [0.3, 0.4) is 0 Å². The summed E-state index contributed by atoms with van der Waals surface area (Å²) >= 11 is 0. The Labute approximate surface area is 164 Å². The Morgan fingerprint density at radius 3 is 2.43 bits per heavy atom. The van der Waals surface area contributed by atoms with Crippen LogP contribution in [0, 0.1) is 5.82 Å². The average Bonchev–Trinajstić information content (AvgIpc) is 2.73. The summed E-state index contributed by atoms with van der Waals surface area (Å²) in [6, 6.07) is 13.4. The van der Waals surface area contributed by atoms with Gasteiger partial charge in [-0.25, -0.2) is 9.18 Å². The van der Waals surface area contributed by atoms with Crippen LogP contribution in [-0.2, 0) is 4.74 Å². The average molecular weight is 388 g/mol. The van der Waals surface area contributed by atoms with Gasteiger partial charge in [-0.05, 0) is 36.4 Å². The number of benzene rings is 2. The van der Waals surface area contributed by atoms with E-state index in [0.717, 1.165) is 13.1 Å². The molecule has 1 aliphatic rings. The van der Waals surface area contributed by atoms with E-state index in [0.29, 0.717) is 36.6 Å². The second kappa shape index (κ2) is 9.52. The first kappa shape index (κ1) is 20.1. The maximum Gasteiger partial charge on any atom is 0.337 e. The van der Waals surface area contributed by atoms with Crippen molar-refractivity contribution in [1.29, 1.82) is 0 Å². The van der Waals surface area contributed by atoms with E-state index in [2.05, 4.69) is 9.64 Å². The van der Waals surface area contributed by atoms with Crippen molar-refractivity contribution in [1.82, 2.24) is 4.90 Å². The number of aliphatic hydroxyl groups is 1. The van der Waals surface area contributed by atoms with E-state index in [1.165, 1.54) is 13.2 Å². The van der Waals surface area contributed by atoms with Gasteiger partial charge in [-0.1, -0.05) is 12.1 Å². The number of piperazine rings is 1. The van der Waals surface area contributed by atoms with Crippen LogP contribution in [0.5, 0.6) is 5.75 Å². The summed E-state index contributed by atoms with van der Waals surface area (Å²) in [5, 5.41) is 10.3. The molecule has 0 saturated carbocycles. The molecule has 2 aromatic carbocycles. The molecule has 0 aromatic heterocycles. The molecule has 1 heterocycles. The number of anilines is 1. The minimum absolute atomic E-state index is 0.158. The highest BCUT2D eigenvalue weighted by Gasteiger charge is 2.21. The zero-order chi connectivity index (χ0) is 19.9. The van der Waals surface area contributed by atoms with E-state index in [1.54, 1.807) is 36.4 Å². The molecule has 1 fully saturated rings. The van der Waals surface area contributed by atoms with Crippen LogP contribution in [0.15, 0.2) is 48.5 Å². The van der Waals surface area contributed by atoms with Gasteiger partial charge in [0.15, 0.2) is 0 Å². The van der Waals surface area contributed by atoms with E-state index in [-0.39, 0.29) is 12.4 Å². The predicted molar refractivity (Wildman–Crippen MR) is 104 cm³/mol. The quantitative estimate of drug-likeness (QED) is 0.734. The predicted octanol–water partition coefficient (Wildman–Crippen LogP) is 2.17. The van der Waals surface area contributed by atoms with Gasteiger partial charge in [0.1, 0.15) is 24.3 Å². The van der Waals surface area contributed by atoms with E-state index in [9.17, 15) is 14.3 Å². The largest absolute Gasteiger partial charge is 0.491 e. The molecule has 3 rings (SSSR count). The Hall–Kier alpha value is -2.64. The normalized spacial score (nSPS) is 15.9. The van der Waals surface area contributed by atoms with Gasteiger partial charge >= 0.3 is 5.97 Å². The summed E-state index contributed by atoms with van der Waals surface area (Å²) < 4.78 is 24.1. The topological polar surface area (TPSA) is 62.2 Å². The number of carbonyl (C=O) groups is 1. The Bertz CT molecular complexity index is 776. The van der Waals surface area contributed by atoms with Gasteiger partial charge in [-0.3, -0.25) is 4.90 Å². The number of nitrogens with zero attached hydrogens (tertiary/aromatic N) is 2. The lowest BCUT2D eigenvalue weighted by molar-refractivity contribution is 0.0599. The molecule has 7 heteroatoms. The molecule has 0 unspecified atom stereocenters. The van der Waals surface area contributed by atoms with Crippen LogP contribution in [0.2, 0.25) is 0 Å². The van der Waals surface area contributed by atoms with E-state index in [4.69, 9.17) is 4.74 Å². The molecule has 0 radical (unpaired) electrons. The smallest absolute Gasteiger partial charge is 0.337 e. The highest BCUT2D eigenvalue weighted by molar-refractivity contribution is 5.89. The lowest BCUT2D eigenvalue weighted by Gasteiger charge is -2.36. The highest BCUT2D eigenvalue weighted by atomic mass is 19.1. The molecule has 0 spiro atoms. The number of rotatable bonds is 7. The number of carbonyl (C=O) groups excluding carboxylic acids is 1. The molecular weight excluding hydrogens is 363 g/mol. The summed E-state index contributed by atoms with van der Waals surface area (Å²) in [4.78, 5) is 15.6. The lowest BCUT2D eigenvalue weighted by atomic mass is 10.2. The van der Waals surface area contributed by atoms with Crippen LogP contribution < -0.4 is 9.64 Å². The maximum atomic E-state index is 13.9. The second-order valence-electron chi connectivity index (χ2n) is 6.72. The summed E-state index contributed by atoms with van der Waals surface area (Å²) in [6.45, 7) is 3.57. The number of β-amino-alcohol motifs (C(OH)–C–C–N with tert-alkyl or cyclic N) is 1. The number of hydrogen-bond donors (Lipinski definition) is 1. The molecule has 0 amide bonds. The van der Waals surface area contributed by atoms with Crippen LogP contribution in [0.1, 0.15) is 10.4 Å². The van der Waals surface area contributed by atoms with E-state index in [1.807, 2.05) is 11.0 Å². The third-order valence-corrected chi connectivity index (χ3v) is 4.75. The van der Waals surface area contributed by atoms with Crippen LogP contribution in [-0.4, -0.2) is 68.5 Å². The first-order valence-corrected chi connectivity index (χ1v) is 9.28. The van der Waals surface area contributed by atoms with E-state index >= 15 is 0 Å². The number of aliphatic hydroxyl groups excluding tert-OH is 1. The number of hydrogen-bond acceptors (Lipinski definition) is 6. The Balaban J connectivity index is 1.41. The lowest BCUT2D eigenvalue weighted by Crippen LogP contribution is -2.49. The highest BCUT2D eigenvalue weighted by Crippen LogP contribution is 2.20. The number of halogens is 1. The molecular formula is C21H25FN2O4. The summed E-state index contributed by atoms with van der Waals surface area (Å²) in [5.41, 5.74) is 1.07. The molecule has 0 aliphatic carbocycles. The van der Waals surface area contributed by atoms with Gasteiger partial charge in [0, 0.05) is 32.7 Å². The molecule has 1 N–H and O–H groups in total. The SMILES string of the molecule is COC(=O)c1ccc(OC[C@@H](O)CN2CCN(c3ccccc3F)CC2)cc1.